The van der Waals surface area contributed by atoms with Gasteiger partial charge < -0.3 is 15.7 Å². The van der Waals surface area contributed by atoms with Crippen molar-refractivity contribution in [2.75, 3.05) is 24.6 Å². The second-order valence-corrected chi connectivity index (χ2v) is 7.46. The van der Waals surface area contributed by atoms with Crippen molar-refractivity contribution in [3.05, 3.63) is 0 Å². The van der Waals surface area contributed by atoms with Gasteiger partial charge >= 0.3 is 12.0 Å². The quantitative estimate of drug-likeness (QED) is 0.643. The highest BCUT2D eigenvalue weighted by Crippen LogP contribution is 2.21. The Kier molecular flexibility index (Phi) is 8.57. The van der Waals surface area contributed by atoms with Crippen LogP contribution in [0.25, 0.3) is 0 Å². The lowest BCUT2D eigenvalue weighted by molar-refractivity contribution is -0.138. The third-order valence-corrected chi connectivity index (χ3v) is 4.76. The summed E-state index contributed by atoms with van der Waals surface area (Å²) in [5.74, 6) is 2.58. The number of carboxylic acids is 1. The zero-order valence-electron chi connectivity index (χ0n) is 13.1. The average molecular weight is 316 g/mol. The van der Waals surface area contributed by atoms with Gasteiger partial charge in [-0.3, -0.25) is 4.79 Å². The third kappa shape index (κ3) is 8.86. The minimum Gasteiger partial charge on any atom is -0.481 e. The van der Waals surface area contributed by atoms with E-state index in [1.165, 1.54) is 24.3 Å². The van der Waals surface area contributed by atoms with Gasteiger partial charge in [-0.15, -0.1) is 0 Å². The van der Waals surface area contributed by atoms with Gasteiger partial charge in [0.2, 0.25) is 0 Å². The summed E-state index contributed by atoms with van der Waals surface area (Å²) in [5.41, 5.74) is 0. The number of nitrogens with one attached hydrogen (secondary N) is 2. The fourth-order valence-corrected chi connectivity index (χ4v) is 3.84. The molecule has 0 aromatic rings. The van der Waals surface area contributed by atoms with E-state index in [9.17, 15) is 9.59 Å². The Balaban J connectivity index is 2.23. The number of urea groups is 1. The highest BCUT2D eigenvalue weighted by molar-refractivity contribution is 7.99. The molecule has 122 valence electrons. The first-order valence-corrected chi connectivity index (χ1v) is 8.94. The van der Waals surface area contributed by atoms with Gasteiger partial charge in [-0.25, -0.2) is 4.79 Å². The molecule has 0 radical (unpaired) electrons. The van der Waals surface area contributed by atoms with Crippen molar-refractivity contribution in [2.24, 2.45) is 17.8 Å². The molecule has 0 aromatic carbocycles. The number of carbonyl (C=O) groups excluding carboxylic acids is 1. The lowest BCUT2D eigenvalue weighted by Gasteiger charge is -2.22. The normalized spacial score (nSPS) is 17.5. The second kappa shape index (κ2) is 9.92. The molecule has 0 aromatic heterocycles. The van der Waals surface area contributed by atoms with Crippen molar-refractivity contribution in [2.45, 2.75) is 39.5 Å². The van der Waals surface area contributed by atoms with Gasteiger partial charge in [-0.1, -0.05) is 13.8 Å². The van der Waals surface area contributed by atoms with E-state index in [0.29, 0.717) is 18.4 Å². The van der Waals surface area contributed by atoms with Gasteiger partial charge in [0, 0.05) is 19.5 Å². The molecule has 0 saturated carbocycles. The summed E-state index contributed by atoms with van der Waals surface area (Å²) in [4.78, 5) is 22.6. The summed E-state index contributed by atoms with van der Waals surface area (Å²) in [7, 11) is 0. The highest BCUT2D eigenvalue weighted by atomic mass is 32.2. The Morgan fingerprint density at radius 2 is 1.90 bits per heavy atom. The fourth-order valence-electron chi connectivity index (χ4n) is 2.64. The standard InChI is InChI=1S/C15H28N2O3S/c1-11(2)7-13(8-14(18)19)10-17-15(20)16-9-12-3-5-21-6-4-12/h11-13H,3-10H2,1-2H3,(H,18,19)(H2,16,17,20). The Morgan fingerprint density at radius 1 is 1.24 bits per heavy atom. The zero-order chi connectivity index (χ0) is 15.7. The molecule has 1 aliphatic heterocycles. The van der Waals surface area contributed by atoms with Crippen molar-refractivity contribution in [1.82, 2.24) is 10.6 Å². The maximum Gasteiger partial charge on any atom is 0.314 e. The SMILES string of the molecule is CC(C)CC(CNC(=O)NCC1CCSCC1)CC(=O)O. The van der Waals surface area contributed by atoms with Gasteiger partial charge in [0.25, 0.3) is 0 Å². The molecular formula is C15H28N2O3S. The molecule has 2 amide bonds. The molecule has 0 spiro atoms. The van der Waals surface area contributed by atoms with Crippen molar-refractivity contribution in [3.8, 4) is 0 Å². The maximum atomic E-state index is 11.8. The van der Waals surface area contributed by atoms with Crippen LogP contribution in [-0.2, 0) is 4.79 Å². The van der Waals surface area contributed by atoms with E-state index in [-0.39, 0.29) is 18.4 Å². The molecule has 5 nitrogen and oxygen atoms in total. The van der Waals surface area contributed by atoms with E-state index in [1.54, 1.807) is 0 Å². The minimum atomic E-state index is -0.803. The molecule has 0 bridgehead atoms. The molecule has 1 rings (SSSR count). The van der Waals surface area contributed by atoms with E-state index in [2.05, 4.69) is 24.5 Å². The lowest BCUT2D eigenvalue weighted by atomic mass is 9.94. The summed E-state index contributed by atoms with van der Waals surface area (Å²) < 4.78 is 0. The van der Waals surface area contributed by atoms with Crippen molar-refractivity contribution < 1.29 is 14.7 Å². The molecule has 1 fully saturated rings. The Morgan fingerprint density at radius 3 is 2.48 bits per heavy atom. The molecule has 1 atom stereocenters. The summed E-state index contributed by atoms with van der Waals surface area (Å²) in [5, 5.41) is 14.6. The summed E-state index contributed by atoms with van der Waals surface area (Å²) in [6.45, 7) is 5.28. The molecule has 1 heterocycles. The number of amides is 2. The highest BCUT2D eigenvalue weighted by Gasteiger charge is 2.17. The molecule has 21 heavy (non-hydrogen) atoms. The fraction of sp³-hybridized carbons (Fsp3) is 0.867. The van der Waals surface area contributed by atoms with E-state index in [0.717, 1.165) is 13.0 Å². The predicted octanol–water partition coefficient (Wildman–Crippen LogP) is 2.57. The smallest absolute Gasteiger partial charge is 0.314 e. The Bertz CT molecular complexity index is 331. The number of thioether (sulfide) groups is 1. The van der Waals surface area contributed by atoms with E-state index < -0.39 is 5.97 Å². The first-order chi connectivity index (χ1) is 9.97. The van der Waals surface area contributed by atoms with Crippen LogP contribution in [0.4, 0.5) is 4.79 Å². The number of rotatable bonds is 8. The Labute approximate surface area is 131 Å². The third-order valence-electron chi connectivity index (χ3n) is 3.71. The molecule has 1 aliphatic rings. The van der Waals surface area contributed by atoms with Crippen LogP contribution in [0, 0.1) is 17.8 Å². The van der Waals surface area contributed by atoms with E-state index in [1.807, 2.05) is 11.8 Å². The largest absolute Gasteiger partial charge is 0.481 e. The second-order valence-electron chi connectivity index (χ2n) is 6.24. The zero-order valence-corrected chi connectivity index (χ0v) is 13.9. The van der Waals surface area contributed by atoms with Crippen LogP contribution in [-0.4, -0.2) is 41.7 Å². The van der Waals surface area contributed by atoms with Crippen LogP contribution >= 0.6 is 11.8 Å². The van der Waals surface area contributed by atoms with Gasteiger partial charge in [0.05, 0.1) is 0 Å². The van der Waals surface area contributed by atoms with Gasteiger partial charge in [0.1, 0.15) is 0 Å². The molecule has 3 N–H and O–H groups in total. The molecule has 1 unspecified atom stereocenters. The van der Waals surface area contributed by atoms with Crippen LogP contribution in [0.5, 0.6) is 0 Å². The number of hydrogen-bond acceptors (Lipinski definition) is 3. The topological polar surface area (TPSA) is 78.4 Å². The molecule has 6 heteroatoms. The van der Waals surface area contributed by atoms with Crippen LogP contribution in [0.1, 0.15) is 39.5 Å². The summed E-state index contributed by atoms with van der Waals surface area (Å²) >= 11 is 1.97. The maximum absolute atomic E-state index is 11.8. The summed E-state index contributed by atoms with van der Waals surface area (Å²) in [6, 6.07) is -0.174. The van der Waals surface area contributed by atoms with E-state index >= 15 is 0 Å². The van der Waals surface area contributed by atoms with Crippen molar-refractivity contribution in [3.63, 3.8) is 0 Å². The molecule has 1 saturated heterocycles. The number of carboxylic acid groups (broad SMARTS) is 1. The van der Waals surface area contributed by atoms with Crippen LogP contribution in [0.3, 0.4) is 0 Å². The number of carbonyl (C=O) groups is 2. The van der Waals surface area contributed by atoms with Crippen molar-refractivity contribution in [1.29, 1.82) is 0 Å². The molecule has 0 aliphatic carbocycles. The summed E-state index contributed by atoms with van der Waals surface area (Å²) in [6.07, 6.45) is 3.25. The van der Waals surface area contributed by atoms with Crippen molar-refractivity contribution >= 4 is 23.8 Å². The monoisotopic (exact) mass is 316 g/mol. The van der Waals surface area contributed by atoms with Crippen LogP contribution in [0.2, 0.25) is 0 Å². The van der Waals surface area contributed by atoms with Gasteiger partial charge in [-0.05, 0) is 48.5 Å². The predicted molar refractivity (Wildman–Crippen MR) is 86.6 cm³/mol. The number of hydrogen-bond donors (Lipinski definition) is 3. The van der Waals surface area contributed by atoms with Gasteiger partial charge in [-0.2, -0.15) is 11.8 Å². The Hall–Kier alpha value is -0.910. The first kappa shape index (κ1) is 18.1. The average Bonchev–Trinajstić information content (AvgIpc) is 2.42. The van der Waals surface area contributed by atoms with Crippen LogP contribution in [0.15, 0.2) is 0 Å². The lowest BCUT2D eigenvalue weighted by Crippen LogP contribution is -2.41. The first-order valence-electron chi connectivity index (χ1n) is 7.78. The van der Waals surface area contributed by atoms with Gasteiger partial charge in [0.15, 0.2) is 0 Å². The van der Waals surface area contributed by atoms with E-state index in [4.69, 9.17) is 5.11 Å². The van der Waals surface area contributed by atoms with Crippen LogP contribution < -0.4 is 10.6 Å². The minimum absolute atomic E-state index is 0.000620. The number of aliphatic carboxylic acids is 1. The molecular weight excluding hydrogens is 288 g/mol.